The molecule has 0 aliphatic carbocycles. The average Bonchev–Trinajstić information content (AvgIpc) is 2.67. The summed E-state index contributed by atoms with van der Waals surface area (Å²) in [6, 6.07) is 6.59. The highest BCUT2D eigenvalue weighted by atomic mass is 35.5. The number of alkyl halides is 3. The molecule has 1 N–H and O–H groups in total. The maximum atomic E-state index is 12.3. The Morgan fingerprint density at radius 3 is 2.45 bits per heavy atom. The lowest BCUT2D eigenvalue weighted by Gasteiger charge is -2.30. The summed E-state index contributed by atoms with van der Waals surface area (Å²) >= 11 is 5.96. The third-order valence-corrected chi connectivity index (χ3v) is 4.57. The van der Waals surface area contributed by atoms with E-state index in [0.29, 0.717) is 10.7 Å². The first-order valence-electron chi connectivity index (χ1n) is 8.81. The van der Waals surface area contributed by atoms with Crippen LogP contribution in [0, 0.1) is 5.92 Å². The molecule has 1 heterocycles. The van der Waals surface area contributed by atoms with Crippen LogP contribution < -0.4 is 5.32 Å². The summed E-state index contributed by atoms with van der Waals surface area (Å²) in [5.74, 6) is -1.74. The molecule has 0 saturated carbocycles. The molecule has 0 aromatic heterocycles. The van der Waals surface area contributed by atoms with Gasteiger partial charge in [-0.3, -0.25) is 9.59 Å². The van der Waals surface area contributed by atoms with Gasteiger partial charge in [0.2, 0.25) is 0 Å². The number of esters is 1. The highest BCUT2D eigenvalue weighted by molar-refractivity contribution is 6.33. The predicted octanol–water partition coefficient (Wildman–Crippen LogP) is 3.62. The fourth-order valence-electron chi connectivity index (χ4n) is 2.65. The highest BCUT2D eigenvalue weighted by Crippen LogP contribution is 2.23. The molecule has 1 aromatic rings. The Bertz CT molecular complexity index is 751. The van der Waals surface area contributed by atoms with Crippen molar-refractivity contribution in [3.05, 3.63) is 29.3 Å². The van der Waals surface area contributed by atoms with Crippen LogP contribution in [0.4, 0.5) is 23.7 Å². The molecule has 0 radical (unpaired) electrons. The minimum atomic E-state index is -4.60. The zero-order chi connectivity index (χ0) is 21.6. The number of halogens is 4. The Kier molecular flexibility index (Phi) is 7.72. The van der Waals surface area contributed by atoms with Crippen LogP contribution in [0.5, 0.6) is 0 Å². The molecule has 160 valence electrons. The molecule has 1 aliphatic rings. The minimum absolute atomic E-state index is 0.0522. The van der Waals surface area contributed by atoms with Crippen LogP contribution in [-0.4, -0.2) is 54.8 Å². The van der Waals surface area contributed by atoms with Crippen molar-refractivity contribution in [1.82, 2.24) is 4.90 Å². The second-order valence-corrected chi connectivity index (χ2v) is 6.89. The number of carbonyl (C=O) groups is 3. The predicted molar refractivity (Wildman–Crippen MR) is 97.3 cm³/mol. The molecule has 29 heavy (non-hydrogen) atoms. The van der Waals surface area contributed by atoms with Crippen LogP contribution in [0.25, 0.3) is 0 Å². The number of rotatable bonds is 5. The van der Waals surface area contributed by atoms with Crippen LogP contribution in [0.3, 0.4) is 0 Å². The van der Waals surface area contributed by atoms with Crippen molar-refractivity contribution in [2.75, 3.05) is 25.0 Å². The number of benzene rings is 1. The lowest BCUT2D eigenvalue weighted by molar-refractivity contribution is -0.163. The first-order valence-corrected chi connectivity index (χ1v) is 9.19. The second kappa shape index (κ2) is 9.82. The molecule has 1 fully saturated rings. The summed E-state index contributed by atoms with van der Waals surface area (Å²) in [5, 5.41) is 2.89. The molecule has 1 saturated heterocycles. The van der Waals surface area contributed by atoms with E-state index >= 15 is 0 Å². The van der Waals surface area contributed by atoms with Crippen LogP contribution in [0.15, 0.2) is 24.3 Å². The molecule has 0 spiro atoms. The Morgan fingerprint density at radius 1 is 1.24 bits per heavy atom. The molecule has 11 heteroatoms. The second-order valence-electron chi connectivity index (χ2n) is 6.48. The molecule has 1 unspecified atom stereocenters. The third-order valence-electron chi connectivity index (χ3n) is 4.24. The fraction of sp³-hybridized carbons (Fsp3) is 0.500. The Hall–Kier alpha value is -2.49. The number of piperidine rings is 1. The van der Waals surface area contributed by atoms with Gasteiger partial charge < -0.3 is 19.7 Å². The lowest BCUT2D eigenvalue weighted by Crippen LogP contribution is -2.42. The van der Waals surface area contributed by atoms with Gasteiger partial charge in [-0.1, -0.05) is 23.7 Å². The van der Waals surface area contributed by atoms with Gasteiger partial charge in [0.15, 0.2) is 12.7 Å². The number of ether oxygens (including phenoxy) is 2. The highest BCUT2D eigenvalue weighted by Gasteiger charge is 2.34. The van der Waals surface area contributed by atoms with Gasteiger partial charge in [0.25, 0.3) is 5.91 Å². The minimum Gasteiger partial charge on any atom is -0.452 e. The van der Waals surface area contributed by atoms with E-state index in [1.54, 1.807) is 24.3 Å². The standard InChI is InChI=1S/C18H20ClF3N2O5/c1-11(15(25)23-14-5-3-2-4-13(14)19)29-16(26)12-6-8-24(9-7-12)17(27)28-10-18(20,21)22/h2-5,11-12H,6-10H2,1H3,(H,23,25). The average molecular weight is 437 g/mol. The summed E-state index contributed by atoms with van der Waals surface area (Å²) in [6.07, 6.45) is -6.37. The number of likely N-dealkylation sites (tertiary alicyclic amines) is 1. The summed E-state index contributed by atoms with van der Waals surface area (Å²) in [4.78, 5) is 37.1. The number of carbonyl (C=O) groups excluding carboxylic acids is 3. The van der Waals surface area contributed by atoms with Crippen molar-refractivity contribution in [2.24, 2.45) is 5.92 Å². The van der Waals surface area contributed by atoms with Crippen molar-refractivity contribution in [3.63, 3.8) is 0 Å². The smallest absolute Gasteiger partial charge is 0.422 e. The molecular weight excluding hydrogens is 417 g/mol. The number of anilines is 1. The number of hydrogen-bond acceptors (Lipinski definition) is 5. The fourth-order valence-corrected chi connectivity index (χ4v) is 2.84. The molecule has 2 amide bonds. The largest absolute Gasteiger partial charge is 0.452 e. The van der Waals surface area contributed by atoms with E-state index in [9.17, 15) is 27.6 Å². The van der Waals surface area contributed by atoms with Crippen molar-refractivity contribution < 1.29 is 37.0 Å². The summed E-state index contributed by atoms with van der Waals surface area (Å²) < 4.78 is 45.7. The lowest BCUT2D eigenvalue weighted by atomic mass is 9.97. The molecule has 1 aromatic carbocycles. The van der Waals surface area contributed by atoms with Gasteiger partial charge in [-0.25, -0.2) is 4.79 Å². The van der Waals surface area contributed by atoms with E-state index in [0.717, 1.165) is 4.90 Å². The Morgan fingerprint density at radius 2 is 1.86 bits per heavy atom. The van der Waals surface area contributed by atoms with Gasteiger partial charge in [0, 0.05) is 13.1 Å². The summed E-state index contributed by atoms with van der Waals surface area (Å²) in [7, 11) is 0. The van der Waals surface area contributed by atoms with Crippen molar-refractivity contribution >= 4 is 35.3 Å². The monoisotopic (exact) mass is 436 g/mol. The molecule has 7 nitrogen and oxygen atoms in total. The zero-order valence-electron chi connectivity index (χ0n) is 15.5. The first-order chi connectivity index (χ1) is 13.6. The SMILES string of the molecule is CC(OC(=O)C1CCN(C(=O)OCC(F)(F)F)CC1)C(=O)Nc1ccccc1Cl. The molecule has 2 rings (SSSR count). The van der Waals surface area contributed by atoms with Crippen LogP contribution in [0.1, 0.15) is 19.8 Å². The summed E-state index contributed by atoms with van der Waals surface area (Å²) in [6.45, 7) is -0.146. The number of nitrogens with one attached hydrogen (secondary N) is 1. The molecule has 1 aliphatic heterocycles. The Labute approximate surface area is 170 Å². The van der Waals surface area contributed by atoms with Crippen LogP contribution >= 0.6 is 11.6 Å². The van der Waals surface area contributed by atoms with Gasteiger partial charge in [0.1, 0.15) is 0 Å². The van der Waals surface area contributed by atoms with Gasteiger partial charge in [-0.2, -0.15) is 13.2 Å². The molecular formula is C18H20ClF3N2O5. The molecule has 1 atom stereocenters. The van der Waals surface area contributed by atoms with E-state index in [1.807, 2.05) is 0 Å². The maximum absolute atomic E-state index is 12.3. The normalized spacial score (nSPS) is 16.1. The van der Waals surface area contributed by atoms with Gasteiger partial charge >= 0.3 is 18.2 Å². The Balaban J connectivity index is 1.78. The van der Waals surface area contributed by atoms with E-state index < -0.39 is 42.8 Å². The zero-order valence-corrected chi connectivity index (χ0v) is 16.3. The van der Waals surface area contributed by atoms with Crippen molar-refractivity contribution in [2.45, 2.75) is 32.0 Å². The van der Waals surface area contributed by atoms with Gasteiger partial charge in [-0.15, -0.1) is 0 Å². The summed E-state index contributed by atoms with van der Waals surface area (Å²) in [5.41, 5.74) is 0.382. The van der Waals surface area contributed by atoms with Crippen LogP contribution in [-0.2, 0) is 19.1 Å². The maximum Gasteiger partial charge on any atom is 0.422 e. The van der Waals surface area contributed by atoms with E-state index in [-0.39, 0.29) is 25.9 Å². The number of amides is 2. The quantitative estimate of drug-likeness (QED) is 0.712. The topological polar surface area (TPSA) is 84.9 Å². The third kappa shape index (κ3) is 7.12. The number of para-hydroxylation sites is 1. The van der Waals surface area contributed by atoms with Crippen LogP contribution in [0.2, 0.25) is 5.02 Å². The van der Waals surface area contributed by atoms with Crippen molar-refractivity contribution in [1.29, 1.82) is 0 Å². The van der Waals surface area contributed by atoms with Gasteiger partial charge in [0.05, 0.1) is 16.6 Å². The first kappa shape index (κ1) is 22.8. The van der Waals surface area contributed by atoms with E-state index in [4.69, 9.17) is 16.3 Å². The number of hydrogen-bond donors (Lipinski definition) is 1. The number of nitrogens with zero attached hydrogens (tertiary/aromatic N) is 1. The molecule has 0 bridgehead atoms. The van der Waals surface area contributed by atoms with Crippen molar-refractivity contribution in [3.8, 4) is 0 Å². The van der Waals surface area contributed by atoms with Gasteiger partial charge in [-0.05, 0) is 31.9 Å². The van der Waals surface area contributed by atoms with E-state index in [1.165, 1.54) is 6.92 Å². The van der Waals surface area contributed by atoms with E-state index in [2.05, 4.69) is 10.1 Å².